The van der Waals surface area contributed by atoms with Crippen LogP contribution in [0, 0.1) is 13.8 Å². The van der Waals surface area contributed by atoms with E-state index in [1.807, 2.05) is 61.0 Å². The van der Waals surface area contributed by atoms with Gasteiger partial charge in [-0.1, -0.05) is 42.2 Å². The number of carbonyl (C=O) groups excluding carboxylic acids is 1. The fraction of sp³-hybridized carbons (Fsp3) is 0.100. The second-order valence-corrected chi connectivity index (χ2v) is 7.74. The van der Waals surface area contributed by atoms with Crippen LogP contribution in [0.1, 0.15) is 17.0 Å². The number of aryl methyl sites for hydroxylation is 1. The molecule has 134 valence electrons. The number of pyridine rings is 1. The van der Waals surface area contributed by atoms with Gasteiger partial charge in [0.15, 0.2) is 4.32 Å². The average Bonchev–Trinajstić information content (AvgIpc) is 3.13. The van der Waals surface area contributed by atoms with Crippen molar-refractivity contribution in [2.24, 2.45) is 0 Å². The summed E-state index contributed by atoms with van der Waals surface area (Å²) in [4.78, 5) is 19.1. The smallest absolute Gasteiger partial charge is 0.268 e. The Hall–Kier alpha value is -2.77. The van der Waals surface area contributed by atoms with E-state index < -0.39 is 0 Å². The standard InChI is InChI=1S/C20H16N4OS2/c1-13-17(14(2)24(22-13)15-7-4-3-5-8-15)11-18-19(25)23(20(26)27-18)16-9-6-10-21-12-16/h3-12H,1-2H3/b18-11-. The molecule has 1 fully saturated rings. The maximum absolute atomic E-state index is 12.9. The van der Waals surface area contributed by atoms with E-state index in [9.17, 15) is 4.79 Å². The molecule has 0 unspecified atom stereocenters. The first-order chi connectivity index (χ1) is 13.1. The van der Waals surface area contributed by atoms with Crippen molar-refractivity contribution in [1.82, 2.24) is 14.8 Å². The Morgan fingerprint density at radius 3 is 2.52 bits per heavy atom. The van der Waals surface area contributed by atoms with Crippen LogP contribution in [0.3, 0.4) is 0 Å². The quantitative estimate of drug-likeness (QED) is 0.492. The highest BCUT2D eigenvalue weighted by molar-refractivity contribution is 8.27. The molecule has 2 aromatic heterocycles. The number of anilines is 1. The molecular weight excluding hydrogens is 376 g/mol. The summed E-state index contributed by atoms with van der Waals surface area (Å²) in [6, 6.07) is 13.5. The molecule has 0 bridgehead atoms. The molecule has 0 N–H and O–H groups in total. The van der Waals surface area contributed by atoms with Crippen molar-refractivity contribution in [1.29, 1.82) is 0 Å². The van der Waals surface area contributed by atoms with Crippen molar-refractivity contribution in [2.45, 2.75) is 13.8 Å². The lowest BCUT2D eigenvalue weighted by atomic mass is 10.1. The van der Waals surface area contributed by atoms with Crippen LogP contribution in [0.5, 0.6) is 0 Å². The third-order valence-corrected chi connectivity index (χ3v) is 5.62. The zero-order valence-electron chi connectivity index (χ0n) is 14.8. The van der Waals surface area contributed by atoms with Gasteiger partial charge in [-0.05, 0) is 44.2 Å². The van der Waals surface area contributed by atoms with Gasteiger partial charge in [0, 0.05) is 17.5 Å². The van der Waals surface area contributed by atoms with Crippen molar-refractivity contribution in [3.05, 3.63) is 76.7 Å². The Labute approximate surface area is 166 Å². The molecule has 1 amide bonds. The van der Waals surface area contributed by atoms with E-state index in [-0.39, 0.29) is 5.91 Å². The molecule has 0 atom stereocenters. The number of carbonyl (C=O) groups is 1. The lowest BCUT2D eigenvalue weighted by Gasteiger charge is -2.13. The number of thioether (sulfide) groups is 1. The number of amides is 1. The number of benzene rings is 1. The van der Waals surface area contributed by atoms with E-state index in [0.717, 1.165) is 22.6 Å². The van der Waals surface area contributed by atoms with Gasteiger partial charge in [-0.3, -0.25) is 14.7 Å². The van der Waals surface area contributed by atoms with Gasteiger partial charge in [-0.2, -0.15) is 5.10 Å². The van der Waals surface area contributed by atoms with Gasteiger partial charge in [0.05, 0.1) is 28.2 Å². The molecule has 1 aliphatic heterocycles. The first kappa shape index (κ1) is 17.6. The van der Waals surface area contributed by atoms with Crippen molar-refractivity contribution >= 4 is 46.0 Å². The molecule has 7 heteroatoms. The van der Waals surface area contributed by atoms with Gasteiger partial charge in [0.25, 0.3) is 5.91 Å². The molecule has 4 rings (SSSR count). The highest BCUT2D eigenvalue weighted by Gasteiger charge is 2.33. The summed E-state index contributed by atoms with van der Waals surface area (Å²) in [5, 5.41) is 4.64. The van der Waals surface area contributed by atoms with Gasteiger partial charge in [0.1, 0.15) is 0 Å². The molecule has 27 heavy (non-hydrogen) atoms. The van der Waals surface area contributed by atoms with E-state index >= 15 is 0 Å². The molecular formula is C20H16N4OS2. The van der Waals surface area contributed by atoms with E-state index in [1.165, 1.54) is 16.7 Å². The lowest BCUT2D eigenvalue weighted by molar-refractivity contribution is -0.113. The number of para-hydroxylation sites is 1. The topological polar surface area (TPSA) is 51.0 Å². The average molecular weight is 393 g/mol. The predicted molar refractivity (Wildman–Crippen MR) is 113 cm³/mol. The summed E-state index contributed by atoms with van der Waals surface area (Å²) in [6.45, 7) is 3.95. The number of thiocarbonyl (C=S) groups is 1. The van der Waals surface area contributed by atoms with Crippen LogP contribution in [0.2, 0.25) is 0 Å². The second-order valence-electron chi connectivity index (χ2n) is 6.06. The van der Waals surface area contributed by atoms with E-state index in [1.54, 1.807) is 18.5 Å². The molecule has 3 aromatic rings. The Morgan fingerprint density at radius 2 is 1.81 bits per heavy atom. The van der Waals surface area contributed by atoms with Crippen LogP contribution >= 0.6 is 24.0 Å². The van der Waals surface area contributed by atoms with Crippen LogP contribution in [0.15, 0.2) is 59.8 Å². The summed E-state index contributed by atoms with van der Waals surface area (Å²) in [5.74, 6) is -0.135. The number of rotatable bonds is 3. The lowest BCUT2D eigenvalue weighted by Crippen LogP contribution is -2.27. The van der Waals surface area contributed by atoms with Crippen LogP contribution in [0.4, 0.5) is 5.69 Å². The summed E-state index contributed by atoms with van der Waals surface area (Å²) < 4.78 is 2.40. The monoisotopic (exact) mass is 392 g/mol. The maximum Gasteiger partial charge on any atom is 0.270 e. The van der Waals surface area contributed by atoms with E-state index in [0.29, 0.717) is 14.9 Å². The SMILES string of the molecule is Cc1nn(-c2ccccc2)c(C)c1/C=C1\SC(=S)N(c2cccnc2)C1=O. The summed E-state index contributed by atoms with van der Waals surface area (Å²) >= 11 is 6.72. The number of aromatic nitrogens is 3. The summed E-state index contributed by atoms with van der Waals surface area (Å²) in [5.41, 5.74) is 4.44. The molecule has 1 saturated heterocycles. The molecule has 0 saturated carbocycles. The summed E-state index contributed by atoms with van der Waals surface area (Å²) in [6.07, 6.45) is 5.19. The molecule has 0 radical (unpaired) electrons. The Morgan fingerprint density at radius 1 is 1.07 bits per heavy atom. The van der Waals surface area contributed by atoms with Gasteiger partial charge in [-0.15, -0.1) is 0 Å². The third kappa shape index (κ3) is 3.20. The van der Waals surface area contributed by atoms with Crippen molar-refractivity contribution < 1.29 is 4.79 Å². The van der Waals surface area contributed by atoms with Gasteiger partial charge in [0.2, 0.25) is 0 Å². The highest BCUT2D eigenvalue weighted by Crippen LogP contribution is 2.36. The second kappa shape index (κ2) is 7.09. The van der Waals surface area contributed by atoms with E-state index in [4.69, 9.17) is 12.2 Å². The largest absolute Gasteiger partial charge is 0.270 e. The van der Waals surface area contributed by atoms with Crippen molar-refractivity contribution in [3.8, 4) is 5.69 Å². The predicted octanol–water partition coefficient (Wildman–Crippen LogP) is 4.29. The molecule has 1 aromatic carbocycles. The van der Waals surface area contributed by atoms with Crippen molar-refractivity contribution in [2.75, 3.05) is 4.90 Å². The van der Waals surface area contributed by atoms with Crippen molar-refractivity contribution in [3.63, 3.8) is 0 Å². The Kier molecular flexibility index (Phi) is 4.63. The first-order valence-corrected chi connectivity index (χ1v) is 9.58. The third-order valence-electron chi connectivity index (χ3n) is 4.32. The van der Waals surface area contributed by atoms with Gasteiger partial charge < -0.3 is 0 Å². The first-order valence-electron chi connectivity index (χ1n) is 8.36. The summed E-state index contributed by atoms with van der Waals surface area (Å²) in [7, 11) is 0. The molecule has 3 heterocycles. The van der Waals surface area contributed by atoms with Crippen LogP contribution in [-0.4, -0.2) is 25.0 Å². The molecule has 0 spiro atoms. The zero-order chi connectivity index (χ0) is 19.0. The minimum atomic E-state index is -0.135. The number of hydrogen-bond donors (Lipinski definition) is 0. The maximum atomic E-state index is 12.9. The van der Waals surface area contributed by atoms with Crippen LogP contribution < -0.4 is 4.90 Å². The zero-order valence-corrected chi connectivity index (χ0v) is 16.4. The van der Waals surface area contributed by atoms with Gasteiger partial charge >= 0.3 is 0 Å². The number of nitrogens with zero attached hydrogens (tertiary/aromatic N) is 4. The van der Waals surface area contributed by atoms with Crippen LogP contribution in [-0.2, 0) is 4.79 Å². The van der Waals surface area contributed by atoms with Gasteiger partial charge in [-0.25, -0.2) is 4.68 Å². The minimum absolute atomic E-state index is 0.135. The number of hydrogen-bond acceptors (Lipinski definition) is 5. The molecule has 0 aliphatic carbocycles. The normalized spacial score (nSPS) is 15.8. The Bertz CT molecular complexity index is 1060. The fourth-order valence-electron chi connectivity index (χ4n) is 2.99. The molecule has 1 aliphatic rings. The molecule has 5 nitrogen and oxygen atoms in total. The fourth-order valence-corrected chi connectivity index (χ4v) is 4.27. The Balaban J connectivity index is 1.72. The highest BCUT2D eigenvalue weighted by atomic mass is 32.2. The van der Waals surface area contributed by atoms with E-state index in [2.05, 4.69) is 10.1 Å². The van der Waals surface area contributed by atoms with Crippen LogP contribution in [0.25, 0.3) is 11.8 Å². The minimum Gasteiger partial charge on any atom is -0.268 e.